The second kappa shape index (κ2) is 12.2. The van der Waals surface area contributed by atoms with Gasteiger partial charge in [0.15, 0.2) is 5.78 Å². The lowest BCUT2D eigenvalue weighted by molar-refractivity contribution is -0.143. The van der Waals surface area contributed by atoms with Crippen LogP contribution in [-0.2, 0) is 19.6 Å². The molecule has 0 radical (unpaired) electrons. The Balaban J connectivity index is 1.62. The van der Waals surface area contributed by atoms with E-state index in [9.17, 15) is 22.4 Å². The van der Waals surface area contributed by atoms with Gasteiger partial charge in [-0.1, -0.05) is 0 Å². The first-order valence-electron chi connectivity index (χ1n) is 11.6. The molecular formula is C25H31FN2O6S. The molecule has 1 heterocycles. The van der Waals surface area contributed by atoms with Gasteiger partial charge in [0.1, 0.15) is 18.1 Å². The Morgan fingerprint density at radius 2 is 1.69 bits per heavy atom. The predicted molar refractivity (Wildman–Crippen MR) is 128 cm³/mol. The van der Waals surface area contributed by atoms with E-state index in [2.05, 4.69) is 4.90 Å². The first-order valence-corrected chi connectivity index (χ1v) is 13.0. The number of ketones is 1. The summed E-state index contributed by atoms with van der Waals surface area (Å²) in [6.45, 7) is 3.18. The van der Waals surface area contributed by atoms with E-state index >= 15 is 0 Å². The van der Waals surface area contributed by atoms with E-state index in [1.807, 2.05) is 0 Å². The van der Waals surface area contributed by atoms with Crippen molar-refractivity contribution in [1.29, 1.82) is 0 Å². The molecule has 1 saturated heterocycles. The number of halogens is 1. The lowest BCUT2D eigenvalue weighted by Crippen LogP contribution is -2.44. The molecule has 0 aromatic heterocycles. The molecular weight excluding hydrogens is 475 g/mol. The van der Waals surface area contributed by atoms with Gasteiger partial charge in [0.2, 0.25) is 10.0 Å². The van der Waals surface area contributed by atoms with Gasteiger partial charge in [-0.2, -0.15) is 4.31 Å². The van der Waals surface area contributed by atoms with Crippen molar-refractivity contribution in [1.82, 2.24) is 9.21 Å². The minimum absolute atomic E-state index is 0.00401. The zero-order valence-electron chi connectivity index (χ0n) is 20.0. The lowest BCUT2D eigenvalue weighted by Gasteiger charge is -2.32. The van der Waals surface area contributed by atoms with Crippen molar-refractivity contribution in [2.24, 2.45) is 5.92 Å². The van der Waals surface area contributed by atoms with Crippen molar-refractivity contribution in [3.8, 4) is 5.75 Å². The van der Waals surface area contributed by atoms with Crippen molar-refractivity contribution < 1.29 is 31.9 Å². The second-order valence-electron chi connectivity index (χ2n) is 8.31. The molecule has 0 saturated carbocycles. The van der Waals surface area contributed by atoms with Crippen LogP contribution in [0.4, 0.5) is 4.39 Å². The van der Waals surface area contributed by atoms with Crippen LogP contribution in [0.15, 0.2) is 53.4 Å². The van der Waals surface area contributed by atoms with Gasteiger partial charge >= 0.3 is 5.97 Å². The van der Waals surface area contributed by atoms with Crippen LogP contribution in [0.3, 0.4) is 0 Å². The number of carbonyl (C=O) groups excluding carboxylic acids is 2. The summed E-state index contributed by atoms with van der Waals surface area (Å²) in [5.74, 6) is -0.633. The van der Waals surface area contributed by atoms with Crippen LogP contribution in [-0.4, -0.2) is 75.8 Å². The number of Topliss-reactive ketones (excluding diaryl/α,β-unsaturated/α-hetero) is 1. The normalized spacial score (nSPS) is 15.2. The topological polar surface area (TPSA) is 93.2 Å². The average Bonchev–Trinajstić information content (AvgIpc) is 2.87. The van der Waals surface area contributed by atoms with Gasteiger partial charge in [0.05, 0.1) is 18.6 Å². The number of benzene rings is 2. The highest BCUT2D eigenvalue weighted by molar-refractivity contribution is 7.89. The van der Waals surface area contributed by atoms with Gasteiger partial charge in [-0.15, -0.1) is 0 Å². The molecule has 2 aromatic carbocycles. The molecule has 0 spiro atoms. The maximum absolute atomic E-state index is 13.3. The van der Waals surface area contributed by atoms with Crippen molar-refractivity contribution in [2.75, 3.05) is 46.4 Å². The van der Waals surface area contributed by atoms with E-state index in [1.54, 1.807) is 19.1 Å². The SMILES string of the molecule is CCOC(=O)CN(CCN1CCC(C(=O)c2ccc(F)cc2)CC1)S(=O)(=O)c1ccc(OC)cc1. The maximum atomic E-state index is 13.3. The van der Waals surface area contributed by atoms with E-state index in [0.717, 1.165) is 4.31 Å². The molecule has 0 N–H and O–H groups in total. The molecule has 3 rings (SSSR count). The van der Waals surface area contributed by atoms with Crippen molar-refractivity contribution >= 4 is 21.8 Å². The van der Waals surface area contributed by atoms with Crippen LogP contribution in [0.25, 0.3) is 0 Å². The summed E-state index contributed by atoms with van der Waals surface area (Å²) >= 11 is 0. The van der Waals surface area contributed by atoms with Crippen LogP contribution < -0.4 is 4.74 Å². The molecule has 190 valence electrons. The molecule has 8 nitrogen and oxygen atoms in total. The van der Waals surface area contributed by atoms with Crippen molar-refractivity contribution in [2.45, 2.75) is 24.7 Å². The number of rotatable bonds is 11. The van der Waals surface area contributed by atoms with Crippen molar-refractivity contribution in [3.05, 3.63) is 59.9 Å². The number of nitrogens with zero attached hydrogens (tertiary/aromatic N) is 2. The molecule has 35 heavy (non-hydrogen) atoms. The first-order chi connectivity index (χ1) is 16.7. The van der Waals surface area contributed by atoms with E-state index in [4.69, 9.17) is 9.47 Å². The molecule has 10 heteroatoms. The molecule has 0 aliphatic carbocycles. The van der Waals surface area contributed by atoms with Crippen LogP contribution in [0.1, 0.15) is 30.1 Å². The summed E-state index contributed by atoms with van der Waals surface area (Å²) in [4.78, 5) is 27.0. The molecule has 0 unspecified atom stereocenters. The lowest BCUT2D eigenvalue weighted by atomic mass is 9.89. The maximum Gasteiger partial charge on any atom is 0.321 e. The number of piperidine rings is 1. The Kier molecular flexibility index (Phi) is 9.36. The largest absolute Gasteiger partial charge is 0.497 e. The number of methoxy groups -OCH3 is 1. The van der Waals surface area contributed by atoms with Gasteiger partial charge in [-0.05, 0) is 81.4 Å². The van der Waals surface area contributed by atoms with Crippen LogP contribution in [0.5, 0.6) is 5.75 Å². The third kappa shape index (κ3) is 7.09. The van der Waals surface area contributed by atoms with Gasteiger partial charge in [-0.3, -0.25) is 9.59 Å². The summed E-state index contributed by atoms with van der Waals surface area (Å²) in [5, 5.41) is 0. The quantitative estimate of drug-likeness (QED) is 0.342. The number of likely N-dealkylation sites (tertiary alicyclic amines) is 1. The number of ether oxygens (including phenoxy) is 2. The second-order valence-corrected chi connectivity index (χ2v) is 10.2. The molecule has 1 fully saturated rings. The fraction of sp³-hybridized carbons (Fsp3) is 0.440. The third-order valence-electron chi connectivity index (χ3n) is 6.06. The highest BCUT2D eigenvalue weighted by atomic mass is 32.2. The summed E-state index contributed by atoms with van der Waals surface area (Å²) < 4.78 is 50.9. The fourth-order valence-electron chi connectivity index (χ4n) is 4.05. The van der Waals surface area contributed by atoms with Gasteiger partial charge in [0, 0.05) is 24.6 Å². The van der Waals surface area contributed by atoms with E-state index in [-0.39, 0.29) is 42.1 Å². The first kappa shape index (κ1) is 26.8. The average molecular weight is 507 g/mol. The summed E-state index contributed by atoms with van der Waals surface area (Å²) in [5.41, 5.74) is 0.496. The van der Waals surface area contributed by atoms with Crippen LogP contribution >= 0.6 is 0 Å². The Bertz CT molecular complexity index is 1100. The van der Waals surface area contributed by atoms with Crippen LogP contribution in [0, 0.1) is 11.7 Å². The minimum atomic E-state index is -3.94. The Morgan fingerprint density at radius 3 is 2.26 bits per heavy atom. The Morgan fingerprint density at radius 1 is 1.06 bits per heavy atom. The summed E-state index contributed by atoms with van der Waals surface area (Å²) in [7, 11) is -2.45. The predicted octanol–water partition coefficient (Wildman–Crippen LogP) is 2.98. The zero-order valence-corrected chi connectivity index (χ0v) is 20.8. The molecule has 0 bridgehead atoms. The Labute approximate surface area is 205 Å². The monoisotopic (exact) mass is 506 g/mol. The van der Waals surface area contributed by atoms with Gasteiger partial charge < -0.3 is 14.4 Å². The standard InChI is InChI=1S/C25H31FN2O6S/c1-3-34-24(29)18-28(35(31,32)23-10-8-22(33-2)9-11-23)17-16-27-14-12-20(13-15-27)25(30)19-4-6-21(26)7-5-19/h4-11,20H,3,12-18H2,1-2H3. The number of carbonyl (C=O) groups is 2. The number of esters is 1. The number of hydrogen-bond donors (Lipinski definition) is 0. The van der Waals surface area contributed by atoms with Crippen LogP contribution in [0.2, 0.25) is 0 Å². The van der Waals surface area contributed by atoms with Gasteiger partial charge in [-0.25, -0.2) is 12.8 Å². The third-order valence-corrected chi connectivity index (χ3v) is 7.92. The van der Waals surface area contributed by atoms with E-state index < -0.39 is 16.0 Å². The molecule has 1 aliphatic rings. The highest BCUT2D eigenvalue weighted by Gasteiger charge is 2.30. The summed E-state index contributed by atoms with van der Waals surface area (Å²) in [6, 6.07) is 11.6. The van der Waals surface area contributed by atoms with E-state index in [0.29, 0.717) is 43.8 Å². The number of hydrogen-bond acceptors (Lipinski definition) is 7. The minimum Gasteiger partial charge on any atom is -0.497 e. The summed E-state index contributed by atoms with van der Waals surface area (Å²) in [6.07, 6.45) is 1.25. The van der Waals surface area contributed by atoms with Crippen molar-refractivity contribution in [3.63, 3.8) is 0 Å². The number of sulfonamides is 1. The highest BCUT2D eigenvalue weighted by Crippen LogP contribution is 2.23. The molecule has 0 amide bonds. The van der Waals surface area contributed by atoms with E-state index in [1.165, 1.54) is 43.5 Å². The molecule has 2 aromatic rings. The smallest absolute Gasteiger partial charge is 0.321 e. The Hall–Kier alpha value is -2.82. The molecule has 0 atom stereocenters. The fourth-order valence-corrected chi connectivity index (χ4v) is 5.43. The zero-order chi connectivity index (χ0) is 25.4. The van der Waals surface area contributed by atoms with Gasteiger partial charge in [0.25, 0.3) is 0 Å². The molecule has 1 aliphatic heterocycles.